The molecule has 0 atom stereocenters. The molecule has 0 unspecified atom stereocenters. The van der Waals surface area contributed by atoms with Crippen molar-refractivity contribution < 1.29 is 9.90 Å². The number of hydrogen-bond acceptors (Lipinski definition) is 4. The fraction of sp³-hybridized carbons (Fsp3) is 0.941. The van der Waals surface area contributed by atoms with Crippen LogP contribution in [0.1, 0.15) is 44.9 Å². The summed E-state index contributed by atoms with van der Waals surface area (Å²) in [5, 5.41) is 13.3. The first-order valence-corrected chi connectivity index (χ1v) is 8.83. The van der Waals surface area contributed by atoms with Gasteiger partial charge in [-0.15, -0.1) is 0 Å². The lowest BCUT2D eigenvalue weighted by molar-refractivity contribution is -0.126. The van der Waals surface area contributed by atoms with E-state index in [0.29, 0.717) is 5.92 Å². The van der Waals surface area contributed by atoms with Crippen molar-refractivity contribution in [2.75, 3.05) is 46.8 Å². The van der Waals surface area contributed by atoms with Crippen molar-refractivity contribution >= 4 is 5.91 Å². The van der Waals surface area contributed by atoms with Gasteiger partial charge in [0.15, 0.2) is 0 Å². The summed E-state index contributed by atoms with van der Waals surface area (Å²) in [7, 11) is 4.22. The van der Waals surface area contributed by atoms with Crippen molar-refractivity contribution in [3.05, 3.63) is 0 Å². The van der Waals surface area contributed by atoms with Crippen molar-refractivity contribution in [2.24, 2.45) is 5.92 Å². The van der Waals surface area contributed by atoms with Crippen molar-refractivity contribution in [2.45, 2.75) is 50.5 Å². The second-order valence-electron chi connectivity index (χ2n) is 7.50. The first kappa shape index (κ1) is 17.7. The molecule has 0 radical (unpaired) electrons. The largest absolute Gasteiger partial charge is 0.389 e. The van der Waals surface area contributed by atoms with Gasteiger partial charge in [0.25, 0.3) is 0 Å². The lowest BCUT2D eigenvalue weighted by atomic mass is 9.95. The lowest BCUT2D eigenvalue weighted by Crippen LogP contribution is -2.42. The van der Waals surface area contributed by atoms with Crippen LogP contribution in [-0.4, -0.2) is 73.2 Å². The summed E-state index contributed by atoms with van der Waals surface area (Å²) in [5.41, 5.74) is -0.723. The second-order valence-corrected chi connectivity index (χ2v) is 7.50. The molecule has 0 aromatic heterocycles. The molecule has 1 saturated heterocycles. The van der Waals surface area contributed by atoms with E-state index in [-0.39, 0.29) is 12.3 Å². The number of likely N-dealkylation sites (tertiary alicyclic amines) is 1. The number of nitrogens with zero attached hydrogens (tertiary/aromatic N) is 2. The van der Waals surface area contributed by atoms with E-state index >= 15 is 0 Å². The van der Waals surface area contributed by atoms with Crippen molar-refractivity contribution in [3.8, 4) is 0 Å². The molecule has 2 aliphatic rings. The Kier molecular flexibility index (Phi) is 6.66. The molecule has 0 aromatic carbocycles. The predicted octanol–water partition coefficient (Wildman–Crippen LogP) is 1.07. The molecule has 1 aliphatic carbocycles. The van der Waals surface area contributed by atoms with Gasteiger partial charge in [-0.1, -0.05) is 12.8 Å². The number of hydrogen-bond donors (Lipinski definition) is 2. The molecule has 5 nitrogen and oxygen atoms in total. The zero-order chi connectivity index (χ0) is 16.0. The summed E-state index contributed by atoms with van der Waals surface area (Å²) in [6, 6.07) is 0. The monoisotopic (exact) mass is 311 g/mol. The summed E-state index contributed by atoms with van der Waals surface area (Å²) < 4.78 is 0. The van der Waals surface area contributed by atoms with Gasteiger partial charge in [0, 0.05) is 19.6 Å². The normalized spacial score (nSPS) is 23.1. The molecule has 1 aliphatic heterocycles. The zero-order valence-corrected chi connectivity index (χ0v) is 14.3. The predicted molar refractivity (Wildman–Crippen MR) is 88.8 cm³/mol. The Balaban J connectivity index is 1.59. The first-order chi connectivity index (χ1) is 10.5. The maximum absolute atomic E-state index is 12.0. The smallest absolute Gasteiger partial charge is 0.222 e. The van der Waals surface area contributed by atoms with Gasteiger partial charge in [-0.25, -0.2) is 0 Å². The number of amides is 1. The van der Waals surface area contributed by atoms with E-state index in [2.05, 4.69) is 29.2 Å². The topological polar surface area (TPSA) is 55.8 Å². The minimum atomic E-state index is -0.723. The highest BCUT2D eigenvalue weighted by Crippen LogP contribution is 2.32. The number of piperidine rings is 1. The van der Waals surface area contributed by atoms with Gasteiger partial charge in [0.2, 0.25) is 5.91 Å². The fourth-order valence-corrected chi connectivity index (χ4v) is 3.59. The quantitative estimate of drug-likeness (QED) is 0.738. The van der Waals surface area contributed by atoms with Crippen LogP contribution in [-0.2, 0) is 4.79 Å². The molecule has 1 saturated carbocycles. The maximum Gasteiger partial charge on any atom is 0.222 e. The molecule has 5 heteroatoms. The molecule has 0 spiro atoms. The van der Waals surface area contributed by atoms with Crippen LogP contribution in [0, 0.1) is 5.92 Å². The fourth-order valence-electron chi connectivity index (χ4n) is 3.59. The highest BCUT2D eigenvalue weighted by atomic mass is 16.3. The summed E-state index contributed by atoms with van der Waals surface area (Å²) >= 11 is 0. The first-order valence-electron chi connectivity index (χ1n) is 8.83. The van der Waals surface area contributed by atoms with Gasteiger partial charge < -0.3 is 20.2 Å². The molecule has 2 fully saturated rings. The summed E-state index contributed by atoms with van der Waals surface area (Å²) in [5.74, 6) is 0.622. The Morgan fingerprint density at radius 3 is 2.50 bits per heavy atom. The van der Waals surface area contributed by atoms with E-state index < -0.39 is 5.60 Å². The second kappa shape index (κ2) is 8.27. The summed E-state index contributed by atoms with van der Waals surface area (Å²) in [6.45, 7) is 5.30. The van der Waals surface area contributed by atoms with E-state index in [1.807, 2.05) is 0 Å². The third-order valence-electron chi connectivity index (χ3n) is 5.18. The summed E-state index contributed by atoms with van der Waals surface area (Å²) in [6.07, 6.45) is 6.28. The van der Waals surface area contributed by atoms with E-state index in [0.717, 1.165) is 71.2 Å². The van der Waals surface area contributed by atoms with Crippen molar-refractivity contribution in [1.29, 1.82) is 0 Å². The van der Waals surface area contributed by atoms with Gasteiger partial charge >= 0.3 is 0 Å². The average molecular weight is 311 g/mol. The van der Waals surface area contributed by atoms with Gasteiger partial charge in [-0.05, 0) is 58.8 Å². The molecule has 128 valence electrons. The molecule has 22 heavy (non-hydrogen) atoms. The van der Waals surface area contributed by atoms with E-state index in [9.17, 15) is 9.90 Å². The van der Waals surface area contributed by atoms with Crippen LogP contribution in [0.3, 0.4) is 0 Å². The number of aliphatic hydroxyl groups is 1. The minimum absolute atomic E-state index is 0.0273. The average Bonchev–Trinajstić information content (AvgIpc) is 2.90. The molecule has 1 heterocycles. The number of nitrogens with one attached hydrogen (secondary N) is 1. The Morgan fingerprint density at radius 1 is 1.27 bits per heavy atom. The van der Waals surface area contributed by atoms with Crippen LogP contribution >= 0.6 is 0 Å². The third kappa shape index (κ3) is 5.86. The Hall–Kier alpha value is -0.650. The van der Waals surface area contributed by atoms with Crippen LogP contribution in [0.15, 0.2) is 0 Å². The molecule has 2 rings (SSSR count). The number of rotatable bonds is 7. The van der Waals surface area contributed by atoms with Gasteiger partial charge in [-0.2, -0.15) is 0 Å². The van der Waals surface area contributed by atoms with E-state index in [1.54, 1.807) is 0 Å². The SMILES string of the molecule is CN(C)CCN1CCC(CNC(=O)CC2(O)CCCC2)CC1. The van der Waals surface area contributed by atoms with Crippen molar-refractivity contribution in [3.63, 3.8) is 0 Å². The van der Waals surface area contributed by atoms with Crippen LogP contribution in [0.4, 0.5) is 0 Å². The number of carbonyl (C=O) groups excluding carboxylic acids is 1. The van der Waals surface area contributed by atoms with Crippen molar-refractivity contribution in [1.82, 2.24) is 15.1 Å². The Bertz CT molecular complexity index is 346. The number of carbonyl (C=O) groups is 1. The molecule has 0 bridgehead atoms. The van der Waals surface area contributed by atoms with Gasteiger partial charge in [0.1, 0.15) is 0 Å². The molecule has 1 amide bonds. The van der Waals surface area contributed by atoms with Gasteiger partial charge in [-0.3, -0.25) is 4.79 Å². The lowest BCUT2D eigenvalue weighted by Gasteiger charge is -2.32. The van der Waals surface area contributed by atoms with E-state index in [4.69, 9.17) is 0 Å². The van der Waals surface area contributed by atoms with Crippen LogP contribution in [0.2, 0.25) is 0 Å². The maximum atomic E-state index is 12.0. The van der Waals surface area contributed by atoms with Crippen LogP contribution in [0.25, 0.3) is 0 Å². The van der Waals surface area contributed by atoms with E-state index in [1.165, 1.54) is 0 Å². The Morgan fingerprint density at radius 2 is 1.91 bits per heavy atom. The highest BCUT2D eigenvalue weighted by molar-refractivity contribution is 5.77. The standard InChI is InChI=1S/C17H33N3O2/c1-19(2)11-12-20-9-5-15(6-10-20)14-18-16(21)13-17(22)7-3-4-8-17/h15,22H,3-14H2,1-2H3,(H,18,21). The Labute approximate surface area is 135 Å². The minimum Gasteiger partial charge on any atom is -0.389 e. The zero-order valence-electron chi connectivity index (χ0n) is 14.3. The third-order valence-corrected chi connectivity index (χ3v) is 5.18. The molecular weight excluding hydrogens is 278 g/mol. The van der Waals surface area contributed by atoms with Crippen LogP contribution < -0.4 is 5.32 Å². The molecule has 2 N–H and O–H groups in total. The molecular formula is C17H33N3O2. The van der Waals surface area contributed by atoms with Crippen LogP contribution in [0.5, 0.6) is 0 Å². The molecule has 0 aromatic rings. The highest BCUT2D eigenvalue weighted by Gasteiger charge is 2.33. The number of likely N-dealkylation sites (N-methyl/N-ethyl adjacent to an activating group) is 1. The van der Waals surface area contributed by atoms with Gasteiger partial charge in [0.05, 0.1) is 12.0 Å². The summed E-state index contributed by atoms with van der Waals surface area (Å²) in [4.78, 5) is 16.7.